The monoisotopic (exact) mass is 227 g/mol. The minimum absolute atomic E-state index is 0.215. The number of piperidine rings is 1. The Kier molecular flexibility index (Phi) is 2.93. The summed E-state index contributed by atoms with van der Waals surface area (Å²) in [6.45, 7) is 1.79. The molecule has 0 bridgehead atoms. The molecule has 1 aliphatic rings. The molecule has 0 amide bonds. The van der Waals surface area contributed by atoms with Crippen molar-refractivity contribution in [1.29, 1.82) is 0 Å². The number of nitrogens with zero attached hydrogens (tertiary/aromatic N) is 3. The average Bonchev–Trinajstić information content (AvgIpc) is 2.17. The minimum Gasteiger partial charge on any atom is -0.368 e. The van der Waals surface area contributed by atoms with Crippen molar-refractivity contribution >= 4 is 23.4 Å². The lowest BCUT2D eigenvalue weighted by atomic mass is 10.1. The van der Waals surface area contributed by atoms with Crippen LogP contribution in [0.15, 0.2) is 6.07 Å². The van der Waals surface area contributed by atoms with E-state index in [4.69, 9.17) is 23.1 Å². The highest BCUT2D eigenvalue weighted by atomic mass is 35.5. The molecule has 0 aliphatic carbocycles. The Bertz CT molecular complexity index is 328. The second kappa shape index (κ2) is 4.20. The largest absolute Gasteiger partial charge is 0.368 e. The highest BCUT2D eigenvalue weighted by Crippen LogP contribution is 2.20. The number of aromatic nitrogens is 2. The molecule has 0 saturated carbocycles. The summed E-state index contributed by atoms with van der Waals surface area (Å²) in [7, 11) is 0. The van der Waals surface area contributed by atoms with Crippen molar-refractivity contribution < 1.29 is 0 Å². The summed E-state index contributed by atoms with van der Waals surface area (Å²) in [6.07, 6.45) is 1.95. The lowest BCUT2D eigenvalue weighted by Crippen LogP contribution is -2.40. The van der Waals surface area contributed by atoms with Crippen LogP contribution in [0.2, 0.25) is 5.15 Å². The summed E-state index contributed by atoms with van der Waals surface area (Å²) in [5, 5.41) is 0.382. The number of nitrogen functional groups attached to an aromatic ring is 1. The molecule has 0 atom stereocenters. The van der Waals surface area contributed by atoms with E-state index in [1.54, 1.807) is 6.07 Å². The van der Waals surface area contributed by atoms with E-state index in [1.807, 2.05) is 0 Å². The molecule has 1 fully saturated rings. The number of hydrogen-bond donors (Lipinski definition) is 2. The van der Waals surface area contributed by atoms with Gasteiger partial charge in [-0.15, -0.1) is 0 Å². The molecular weight excluding hydrogens is 214 g/mol. The zero-order valence-electron chi connectivity index (χ0n) is 8.36. The Labute approximate surface area is 93.4 Å². The maximum atomic E-state index is 5.82. The van der Waals surface area contributed by atoms with Gasteiger partial charge in [0.2, 0.25) is 5.95 Å². The second-order valence-corrected chi connectivity index (χ2v) is 4.12. The van der Waals surface area contributed by atoms with Gasteiger partial charge < -0.3 is 16.4 Å². The molecule has 82 valence electrons. The molecule has 2 rings (SSSR count). The first-order valence-corrected chi connectivity index (χ1v) is 5.33. The van der Waals surface area contributed by atoms with Gasteiger partial charge in [-0.05, 0) is 12.8 Å². The molecule has 4 N–H and O–H groups in total. The van der Waals surface area contributed by atoms with Crippen LogP contribution in [0.4, 0.5) is 11.8 Å². The normalized spacial score (nSPS) is 18.1. The van der Waals surface area contributed by atoms with E-state index in [0.29, 0.717) is 11.2 Å². The molecule has 6 heteroatoms. The van der Waals surface area contributed by atoms with E-state index in [1.165, 1.54) is 0 Å². The first-order chi connectivity index (χ1) is 7.15. The molecule has 5 nitrogen and oxygen atoms in total. The van der Waals surface area contributed by atoms with Crippen LogP contribution in [0, 0.1) is 0 Å². The predicted octanol–water partition coefficient (Wildman–Crippen LogP) is 0.640. The molecule has 1 aliphatic heterocycles. The first kappa shape index (κ1) is 10.4. The molecule has 2 heterocycles. The van der Waals surface area contributed by atoms with Gasteiger partial charge in [0, 0.05) is 25.2 Å². The number of nitrogens with two attached hydrogens (primary N) is 2. The van der Waals surface area contributed by atoms with Gasteiger partial charge in [0.25, 0.3) is 0 Å². The van der Waals surface area contributed by atoms with Crippen LogP contribution in [0.5, 0.6) is 0 Å². The summed E-state index contributed by atoms with van der Waals surface area (Å²) in [5.74, 6) is 1.01. The van der Waals surface area contributed by atoms with Crippen molar-refractivity contribution in [3.63, 3.8) is 0 Å². The summed E-state index contributed by atoms with van der Waals surface area (Å²) in [5.41, 5.74) is 11.4. The number of anilines is 2. The van der Waals surface area contributed by atoms with E-state index >= 15 is 0 Å². The van der Waals surface area contributed by atoms with Crippen molar-refractivity contribution in [2.45, 2.75) is 18.9 Å². The molecule has 0 radical (unpaired) electrons. The van der Waals surface area contributed by atoms with E-state index < -0.39 is 0 Å². The van der Waals surface area contributed by atoms with Gasteiger partial charge in [0.1, 0.15) is 11.0 Å². The summed E-state index contributed by atoms with van der Waals surface area (Å²) in [6, 6.07) is 2.03. The molecule has 15 heavy (non-hydrogen) atoms. The Morgan fingerprint density at radius 2 is 2.00 bits per heavy atom. The van der Waals surface area contributed by atoms with E-state index in [9.17, 15) is 0 Å². The predicted molar refractivity (Wildman–Crippen MR) is 60.9 cm³/mol. The highest BCUT2D eigenvalue weighted by Gasteiger charge is 2.17. The van der Waals surface area contributed by atoms with Crippen LogP contribution in [-0.2, 0) is 0 Å². The highest BCUT2D eigenvalue weighted by molar-refractivity contribution is 6.29. The maximum Gasteiger partial charge on any atom is 0.223 e. The van der Waals surface area contributed by atoms with Crippen LogP contribution in [0.25, 0.3) is 0 Å². The molecule has 1 aromatic rings. The molecule has 1 aromatic heterocycles. The number of hydrogen-bond acceptors (Lipinski definition) is 5. The van der Waals surface area contributed by atoms with E-state index in [2.05, 4.69) is 14.9 Å². The Morgan fingerprint density at radius 1 is 1.33 bits per heavy atom. The SMILES string of the molecule is Nc1nc(Cl)cc(N2CCC(N)CC2)n1. The summed E-state index contributed by atoms with van der Waals surface area (Å²) >= 11 is 5.82. The molecule has 0 unspecified atom stereocenters. The van der Waals surface area contributed by atoms with E-state index in [0.717, 1.165) is 31.7 Å². The quantitative estimate of drug-likeness (QED) is 0.689. The lowest BCUT2D eigenvalue weighted by molar-refractivity contribution is 0.498. The van der Waals surface area contributed by atoms with E-state index in [-0.39, 0.29) is 5.95 Å². The third-order valence-electron chi connectivity index (χ3n) is 2.56. The Hall–Kier alpha value is -1.07. The summed E-state index contributed by atoms with van der Waals surface area (Å²) in [4.78, 5) is 10.1. The van der Waals surface area contributed by atoms with Gasteiger partial charge in [-0.25, -0.2) is 4.98 Å². The fraction of sp³-hybridized carbons (Fsp3) is 0.556. The fourth-order valence-electron chi connectivity index (χ4n) is 1.71. The molecule has 0 spiro atoms. The van der Waals surface area contributed by atoms with Crippen LogP contribution in [0.1, 0.15) is 12.8 Å². The van der Waals surface area contributed by atoms with Gasteiger partial charge in [-0.1, -0.05) is 11.6 Å². The second-order valence-electron chi connectivity index (χ2n) is 3.73. The van der Waals surface area contributed by atoms with Gasteiger partial charge in [-0.3, -0.25) is 0 Å². The van der Waals surface area contributed by atoms with Gasteiger partial charge in [0.05, 0.1) is 0 Å². The maximum absolute atomic E-state index is 5.82. The van der Waals surface area contributed by atoms with Crippen LogP contribution in [0.3, 0.4) is 0 Å². The Morgan fingerprint density at radius 3 is 2.60 bits per heavy atom. The van der Waals surface area contributed by atoms with Crippen molar-refractivity contribution in [3.05, 3.63) is 11.2 Å². The smallest absolute Gasteiger partial charge is 0.223 e. The van der Waals surface area contributed by atoms with Gasteiger partial charge >= 0.3 is 0 Å². The van der Waals surface area contributed by atoms with Crippen LogP contribution < -0.4 is 16.4 Å². The van der Waals surface area contributed by atoms with Gasteiger partial charge in [-0.2, -0.15) is 4.98 Å². The number of halogens is 1. The average molecular weight is 228 g/mol. The van der Waals surface area contributed by atoms with Crippen LogP contribution >= 0.6 is 11.6 Å². The molecule has 0 aromatic carbocycles. The van der Waals surface area contributed by atoms with Crippen molar-refractivity contribution in [3.8, 4) is 0 Å². The van der Waals surface area contributed by atoms with Crippen molar-refractivity contribution in [1.82, 2.24) is 9.97 Å². The Balaban J connectivity index is 2.15. The third kappa shape index (κ3) is 2.49. The standard InChI is InChI=1S/C9H14ClN5/c10-7-5-8(14-9(12)13-7)15-3-1-6(11)2-4-15/h5-6H,1-4,11H2,(H2,12,13,14). The topological polar surface area (TPSA) is 81.1 Å². The zero-order chi connectivity index (χ0) is 10.8. The molecular formula is C9H14ClN5. The number of rotatable bonds is 1. The van der Waals surface area contributed by atoms with Crippen molar-refractivity contribution in [2.24, 2.45) is 5.73 Å². The summed E-state index contributed by atoms with van der Waals surface area (Å²) < 4.78 is 0. The first-order valence-electron chi connectivity index (χ1n) is 4.96. The minimum atomic E-state index is 0.215. The molecule has 1 saturated heterocycles. The third-order valence-corrected chi connectivity index (χ3v) is 2.76. The van der Waals surface area contributed by atoms with Crippen LogP contribution in [-0.4, -0.2) is 29.1 Å². The fourth-order valence-corrected chi connectivity index (χ4v) is 1.90. The lowest BCUT2D eigenvalue weighted by Gasteiger charge is -2.31. The van der Waals surface area contributed by atoms with Gasteiger partial charge in [0.15, 0.2) is 0 Å². The zero-order valence-corrected chi connectivity index (χ0v) is 9.11. The van der Waals surface area contributed by atoms with Crippen molar-refractivity contribution in [2.75, 3.05) is 23.7 Å².